The fourth-order valence-electron chi connectivity index (χ4n) is 3.14. The number of rotatable bonds is 5. The van der Waals surface area contributed by atoms with E-state index < -0.39 is 24.0 Å². The Hall–Kier alpha value is -3.15. The number of esters is 1. The van der Waals surface area contributed by atoms with Gasteiger partial charge in [0, 0.05) is 17.7 Å². The number of hydrogen-bond donors (Lipinski definition) is 2. The van der Waals surface area contributed by atoms with Crippen LogP contribution in [0.4, 0.5) is 5.69 Å². The predicted octanol–water partition coefficient (Wildman–Crippen LogP) is 2.81. The molecule has 0 saturated carbocycles. The summed E-state index contributed by atoms with van der Waals surface area (Å²) in [7, 11) is 0. The molecule has 2 N–H and O–H groups in total. The summed E-state index contributed by atoms with van der Waals surface area (Å²) in [6.45, 7) is 3.89. The van der Waals surface area contributed by atoms with Gasteiger partial charge in [-0.3, -0.25) is 9.59 Å². The predicted molar refractivity (Wildman–Crippen MR) is 101 cm³/mol. The van der Waals surface area contributed by atoms with E-state index in [0.29, 0.717) is 17.7 Å². The first-order valence-electron chi connectivity index (χ1n) is 8.86. The lowest BCUT2D eigenvalue weighted by Gasteiger charge is -2.20. The summed E-state index contributed by atoms with van der Waals surface area (Å²) in [5.74, 6) is -1.23. The van der Waals surface area contributed by atoms with Crippen molar-refractivity contribution in [2.45, 2.75) is 38.8 Å². The highest BCUT2D eigenvalue weighted by molar-refractivity contribution is 5.97. The van der Waals surface area contributed by atoms with Gasteiger partial charge in [-0.05, 0) is 43.5 Å². The maximum absolute atomic E-state index is 12.9. The number of nitrogens with one attached hydrogen (secondary N) is 2. The first-order chi connectivity index (χ1) is 12.9. The van der Waals surface area contributed by atoms with Crippen LogP contribution in [0.25, 0.3) is 0 Å². The van der Waals surface area contributed by atoms with Crippen molar-refractivity contribution >= 4 is 23.5 Å². The Labute approximate surface area is 157 Å². The molecule has 6 heteroatoms. The van der Waals surface area contributed by atoms with Gasteiger partial charge in [-0.1, -0.05) is 36.4 Å². The van der Waals surface area contributed by atoms with Crippen molar-refractivity contribution in [2.75, 3.05) is 5.32 Å². The maximum Gasteiger partial charge on any atom is 0.329 e. The number of amides is 2. The number of aryl methyl sites for hydroxylation is 2. The zero-order valence-electron chi connectivity index (χ0n) is 15.3. The first-order valence-corrected chi connectivity index (χ1v) is 8.86. The van der Waals surface area contributed by atoms with Gasteiger partial charge in [0.15, 0.2) is 0 Å². The second-order valence-electron chi connectivity index (χ2n) is 6.75. The van der Waals surface area contributed by atoms with Crippen LogP contribution >= 0.6 is 0 Å². The van der Waals surface area contributed by atoms with Crippen LogP contribution in [0.2, 0.25) is 0 Å². The second kappa shape index (κ2) is 8.03. The number of hydrogen-bond acceptors (Lipinski definition) is 4. The lowest BCUT2D eigenvalue weighted by atomic mass is 10.1. The van der Waals surface area contributed by atoms with Crippen molar-refractivity contribution in [2.24, 2.45) is 0 Å². The summed E-state index contributed by atoms with van der Waals surface area (Å²) in [5.41, 5.74) is 3.25. The van der Waals surface area contributed by atoms with E-state index in [1.807, 2.05) is 38.1 Å². The number of carbonyl (C=O) groups excluding carboxylic acids is 3. The summed E-state index contributed by atoms with van der Waals surface area (Å²) in [6.07, 6.45) is -0.445. The Morgan fingerprint density at radius 1 is 1.11 bits per heavy atom. The summed E-state index contributed by atoms with van der Waals surface area (Å²) >= 11 is 0. The van der Waals surface area contributed by atoms with Crippen LogP contribution in [0.3, 0.4) is 0 Å². The van der Waals surface area contributed by atoms with Crippen molar-refractivity contribution in [3.63, 3.8) is 0 Å². The lowest BCUT2D eigenvalue weighted by molar-refractivity contribution is -0.156. The van der Waals surface area contributed by atoms with Crippen LogP contribution in [0, 0.1) is 13.8 Å². The van der Waals surface area contributed by atoms with E-state index in [4.69, 9.17) is 4.74 Å². The van der Waals surface area contributed by atoms with Gasteiger partial charge in [-0.2, -0.15) is 0 Å². The highest BCUT2D eigenvalue weighted by Crippen LogP contribution is 2.23. The molecule has 2 atom stereocenters. The van der Waals surface area contributed by atoms with Crippen LogP contribution < -0.4 is 10.6 Å². The fourth-order valence-corrected chi connectivity index (χ4v) is 3.14. The van der Waals surface area contributed by atoms with E-state index in [1.165, 1.54) is 0 Å². The molecule has 0 spiro atoms. The minimum absolute atomic E-state index is 0.187. The summed E-state index contributed by atoms with van der Waals surface area (Å²) < 4.78 is 5.50. The molecule has 1 saturated heterocycles. The normalized spacial score (nSPS) is 17.1. The van der Waals surface area contributed by atoms with Crippen LogP contribution in [0.5, 0.6) is 0 Å². The minimum Gasteiger partial charge on any atom is -0.446 e. The Bertz CT molecular complexity index is 843. The van der Waals surface area contributed by atoms with E-state index in [2.05, 4.69) is 10.6 Å². The molecule has 3 rings (SSSR count). The Morgan fingerprint density at radius 3 is 2.37 bits per heavy atom. The third-order valence-electron chi connectivity index (χ3n) is 4.34. The van der Waals surface area contributed by atoms with Crippen LogP contribution in [0.1, 0.15) is 35.6 Å². The Morgan fingerprint density at radius 2 is 1.78 bits per heavy atom. The van der Waals surface area contributed by atoms with Gasteiger partial charge < -0.3 is 15.4 Å². The highest BCUT2D eigenvalue weighted by atomic mass is 16.5. The molecule has 27 heavy (non-hydrogen) atoms. The largest absolute Gasteiger partial charge is 0.446 e. The number of benzene rings is 2. The van der Waals surface area contributed by atoms with Crippen LogP contribution in [0.15, 0.2) is 48.5 Å². The van der Waals surface area contributed by atoms with Gasteiger partial charge in [0.2, 0.25) is 12.0 Å². The van der Waals surface area contributed by atoms with E-state index in [9.17, 15) is 14.4 Å². The number of carbonyl (C=O) groups is 3. The molecular formula is C21H22N2O4. The van der Waals surface area contributed by atoms with Gasteiger partial charge in [-0.15, -0.1) is 0 Å². The summed E-state index contributed by atoms with van der Waals surface area (Å²) in [6, 6.07) is 13.8. The van der Waals surface area contributed by atoms with Crippen molar-refractivity contribution in [3.8, 4) is 0 Å². The average Bonchev–Trinajstić information content (AvgIpc) is 3.06. The third-order valence-corrected chi connectivity index (χ3v) is 4.34. The van der Waals surface area contributed by atoms with Crippen LogP contribution in [-0.4, -0.2) is 23.8 Å². The molecule has 0 radical (unpaired) electrons. The highest BCUT2D eigenvalue weighted by Gasteiger charge is 2.33. The molecule has 0 aromatic heterocycles. The SMILES string of the molecule is Cc1cc(C)cc(NC(=O)C(OC(=O)C2CCC(=O)N2)c2ccccc2)c1. The third kappa shape index (κ3) is 4.73. The molecule has 6 nitrogen and oxygen atoms in total. The molecule has 2 unspecified atom stereocenters. The molecule has 1 aliphatic rings. The van der Waals surface area contributed by atoms with Crippen LogP contribution in [-0.2, 0) is 19.1 Å². The van der Waals surface area contributed by atoms with E-state index in [-0.39, 0.29) is 12.3 Å². The second-order valence-corrected chi connectivity index (χ2v) is 6.75. The summed E-state index contributed by atoms with van der Waals surface area (Å²) in [5, 5.41) is 5.39. The lowest BCUT2D eigenvalue weighted by Crippen LogP contribution is -2.37. The Balaban J connectivity index is 1.80. The molecule has 2 aromatic carbocycles. The van der Waals surface area contributed by atoms with Crippen molar-refractivity contribution in [1.82, 2.24) is 5.32 Å². The molecule has 1 fully saturated rings. The quantitative estimate of drug-likeness (QED) is 0.797. The summed E-state index contributed by atoms with van der Waals surface area (Å²) in [4.78, 5) is 36.7. The fraction of sp³-hybridized carbons (Fsp3) is 0.286. The average molecular weight is 366 g/mol. The molecule has 0 bridgehead atoms. The van der Waals surface area contributed by atoms with Gasteiger partial charge in [0.25, 0.3) is 5.91 Å². The molecule has 0 aliphatic carbocycles. The number of anilines is 1. The van der Waals surface area contributed by atoms with E-state index >= 15 is 0 Å². The Kier molecular flexibility index (Phi) is 5.54. The monoisotopic (exact) mass is 366 g/mol. The minimum atomic E-state index is -1.10. The first kappa shape index (κ1) is 18.6. The molecule has 2 amide bonds. The van der Waals surface area contributed by atoms with Gasteiger partial charge in [0.1, 0.15) is 6.04 Å². The smallest absolute Gasteiger partial charge is 0.329 e. The number of ether oxygens (including phenoxy) is 1. The maximum atomic E-state index is 12.9. The topological polar surface area (TPSA) is 84.5 Å². The molecule has 1 heterocycles. The van der Waals surface area contributed by atoms with Crippen molar-refractivity contribution < 1.29 is 19.1 Å². The van der Waals surface area contributed by atoms with Gasteiger partial charge in [-0.25, -0.2) is 4.79 Å². The zero-order chi connectivity index (χ0) is 19.4. The van der Waals surface area contributed by atoms with E-state index in [0.717, 1.165) is 11.1 Å². The van der Waals surface area contributed by atoms with Crippen molar-refractivity contribution in [3.05, 3.63) is 65.2 Å². The zero-order valence-corrected chi connectivity index (χ0v) is 15.3. The molecule has 140 valence electrons. The molecule has 2 aromatic rings. The molecular weight excluding hydrogens is 344 g/mol. The molecule has 1 aliphatic heterocycles. The van der Waals surface area contributed by atoms with Crippen molar-refractivity contribution in [1.29, 1.82) is 0 Å². The standard InChI is InChI=1S/C21H22N2O4/c1-13-10-14(2)12-16(11-13)22-20(25)19(15-6-4-3-5-7-15)27-21(26)17-8-9-18(24)23-17/h3-7,10-12,17,19H,8-9H2,1-2H3,(H,22,25)(H,23,24). The van der Waals surface area contributed by atoms with Gasteiger partial charge in [0.05, 0.1) is 0 Å². The van der Waals surface area contributed by atoms with E-state index in [1.54, 1.807) is 24.3 Å². The van der Waals surface area contributed by atoms with Gasteiger partial charge >= 0.3 is 5.97 Å².